The van der Waals surface area contributed by atoms with Crippen molar-refractivity contribution in [2.24, 2.45) is 5.73 Å². The molecule has 0 spiro atoms. The number of fused-ring (bicyclic) bond motifs is 1. The van der Waals surface area contributed by atoms with E-state index >= 15 is 0 Å². The van der Waals surface area contributed by atoms with Crippen LogP contribution in [0.3, 0.4) is 0 Å². The highest BCUT2D eigenvalue weighted by molar-refractivity contribution is 7.98. The third-order valence-corrected chi connectivity index (χ3v) is 3.84. The molecule has 3 nitrogen and oxygen atoms in total. The first-order valence-electron chi connectivity index (χ1n) is 6.12. The third-order valence-electron chi connectivity index (χ3n) is 2.96. The molecule has 0 radical (unpaired) electrons. The number of hydrogen-bond acceptors (Lipinski definition) is 4. The Morgan fingerprint density at radius 2 is 1.74 bits per heavy atom. The molecule has 0 saturated carbocycles. The molecule has 3 aromatic rings. The number of rotatable bonds is 4. The lowest BCUT2D eigenvalue weighted by atomic mass is 10.1. The van der Waals surface area contributed by atoms with Gasteiger partial charge in [-0.15, -0.1) is 0 Å². The zero-order valence-electron chi connectivity index (χ0n) is 10.4. The first-order chi connectivity index (χ1) is 9.36. The van der Waals surface area contributed by atoms with Crippen LogP contribution < -0.4 is 5.73 Å². The predicted molar refractivity (Wildman–Crippen MR) is 77.9 cm³/mol. The van der Waals surface area contributed by atoms with Gasteiger partial charge in [-0.3, -0.25) is 0 Å². The van der Waals surface area contributed by atoms with Gasteiger partial charge in [0.15, 0.2) is 5.58 Å². The van der Waals surface area contributed by atoms with E-state index in [0.29, 0.717) is 11.8 Å². The number of oxazole rings is 1. The van der Waals surface area contributed by atoms with Crippen molar-refractivity contribution in [1.29, 1.82) is 0 Å². The van der Waals surface area contributed by atoms with Crippen LogP contribution in [0.25, 0.3) is 11.1 Å². The van der Waals surface area contributed by atoms with E-state index in [1.54, 1.807) is 11.8 Å². The summed E-state index contributed by atoms with van der Waals surface area (Å²) in [6.45, 7) is 0.560. The lowest BCUT2D eigenvalue weighted by Crippen LogP contribution is -2.00. The van der Waals surface area contributed by atoms with Gasteiger partial charge >= 0.3 is 0 Å². The molecule has 1 heterocycles. The normalized spacial score (nSPS) is 11.0. The topological polar surface area (TPSA) is 52.0 Å². The standard InChI is InChI=1S/C15H14N2OS/c16-9-11-5-1-2-6-12(11)10-19-15-17-13-7-3-4-8-14(13)18-15/h1-8H,9-10,16H2. The Bertz CT molecular complexity index is 660. The molecule has 3 rings (SSSR count). The summed E-state index contributed by atoms with van der Waals surface area (Å²) >= 11 is 1.60. The van der Waals surface area contributed by atoms with E-state index < -0.39 is 0 Å². The van der Waals surface area contributed by atoms with Crippen LogP contribution in [0.4, 0.5) is 0 Å². The van der Waals surface area contributed by atoms with E-state index in [1.165, 1.54) is 11.1 Å². The monoisotopic (exact) mass is 270 g/mol. The van der Waals surface area contributed by atoms with Crippen molar-refractivity contribution in [3.63, 3.8) is 0 Å². The molecular formula is C15H14N2OS. The van der Waals surface area contributed by atoms with Gasteiger partial charge in [0.05, 0.1) is 0 Å². The minimum absolute atomic E-state index is 0.560. The Hall–Kier alpha value is -1.78. The van der Waals surface area contributed by atoms with Gasteiger partial charge in [-0.05, 0) is 23.3 Å². The summed E-state index contributed by atoms with van der Waals surface area (Å²) in [5, 5.41) is 0.702. The fraction of sp³-hybridized carbons (Fsp3) is 0.133. The van der Waals surface area contributed by atoms with Gasteiger partial charge in [-0.2, -0.15) is 0 Å². The third kappa shape index (κ3) is 2.64. The van der Waals surface area contributed by atoms with Gasteiger partial charge in [0, 0.05) is 12.3 Å². The van der Waals surface area contributed by atoms with Crippen LogP contribution in [0.2, 0.25) is 0 Å². The van der Waals surface area contributed by atoms with E-state index in [0.717, 1.165) is 16.9 Å². The summed E-state index contributed by atoms with van der Waals surface area (Å²) in [5.74, 6) is 0.820. The van der Waals surface area contributed by atoms with E-state index in [9.17, 15) is 0 Å². The summed E-state index contributed by atoms with van der Waals surface area (Å²) in [6, 6.07) is 16.0. The molecule has 4 heteroatoms. The van der Waals surface area contributed by atoms with Crippen LogP contribution in [-0.4, -0.2) is 4.98 Å². The molecule has 0 fully saturated rings. The number of nitrogens with two attached hydrogens (primary N) is 1. The number of aromatic nitrogens is 1. The lowest BCUT2D eigenvalue weighted by molar-refractivity contribution is 0.489. The summed E-state index contributed by atoms with van der Waals surface area (Å²) in [7, 11) is 0. The zero-order chi connectivity index (χ0) is 13.1. The lowest BCUT2D eigenvalue weighted by Gasteiger charge is -2.05. The SMILES string of the molecule is NCc1ccccc1CSc1nc2ccccc2o1. The molecule has 1 aromatic heterocycles. The maximum Gasteiger partial charge on any atom is 0.257 e. The van der Waals surface area contributed by atoms with Crippen LogP contribution in [0, 0.1) is 0 Å². The highest BCUT2D eigenvalue weighted by Crippen LogP contribution is 2.27. The van der Waals surface area contributed by atoms with E-state index in [-0.39, 0.29) is 0 Å². The summed E-state index contributed by atoms with van der Waals surface area (Å²) in [4.78, 5) is 4.45. The fourth-order valence-corrected chi connectivity index (χ4v) is 2.82. The fourth-order valence-electron chi connectivity index (χ4n) is 1.95. The average molecular weight is 270 g/mol. The molecule has 0 amide bonds. The molecule has 0 bridgehead atoms. The highest BCUT2D eigenvalue weighted by Gasteiger charge is 2.07. The summed E-state index contributed by atoms with van der Waals surface area (Å²) < 4.78 is 5.68. The molecule has 0 aliphatic heterocycles. The van der Waals surface area contributed by atoms with Crippen molar-refractivity contribution in [2.45, 2.75) is 17.5 Å². The number of nitrogens with zero attached hydrogens (tertiary/aromatic N) is 1. The zero-order valence-corrected chi connectivity index (χ0v) is 11.2. The van der Waals surface area contributed by atoms with Crippen molar-refractivity contribution in [3.05, 3.63) is 59.7 Å². The Balaban J connectivity index is 1.78. The molecule has 2 N–H and O–H groups in total. The largest absolute Gasteiger partial charge is 0.431 e. The molecule has 0 aliphatic rings. The first kappa shape index (κ1) is 12.3. The maximum atomic E-state index is 5.73. The summed E-state index contributed by atoms with van der Waals surface area (Å²) in [6.07, 6.45) is 0. The van der Waals surface area contributed by atoms with Gasteiger partial charge in [-0.1, -0.05) is 48.2 Å². The minimum Gasteiger partial charge on any atom is -0.431 e. The second kappa shape index (κ2) is 5.47. The number of para-hydroxylation sites is 2. The predicted octanol–water partition coefficient (Wildman–Crippen LogP) is 3.58. The maximum absolute atomic E-state index is 5.73. The van der Waals surface area contributed by atoms with Crippen LogP contribution in [0.5, 0.6) is 0 Å². The molecule has 2 aromatic carbocycles. The minimum atomic E-state index is 0.560. The smallest absolute Gasteiger partial charge is 0.257 e. The van der Waals surface area contributed by atoms with Gasteiger partial charge in [0.25, 0.3) is 5.22 Å². The average Bonchev–Trinajstić information content (AvgIpc) is 2.88. The Morgan fingerprint density at radius 1 is 1.00 bits per heavy atom. The van der Waals surface area contributed by atoms with Crippen molar-refractivity contribution in [1.82, 2.24) is 4.98 Å². The summed E-state index contributed by atoms with van der Waals surface area (Å²) in [5.41, 5.74) is 9.87. The van der Waals surface area contributed by atoms with Gasteiger partial charge < -0.3 is 10.2 Å². The van der Waals surface area contributed by atoms with Crippen LogP contribution >= 0.6 is 11.8 Å². The van der Waals surface area contributed by atoms with Crippen molar-refractivity contribution in [3.8, 4) is 0 Å². The molecule has 0 aliphatic carbocycles. The quantitative estimate of drug-likeness (QED) is 0.736. The van der Waals surface area contributed by atoms with E-state index in [1.807, 2.05) is 36.4 Å². The number of thioether (sulfide) groups is 1. The molecule has 0 atom stereocenters. The van der Waals surface area contributed by atoms with Gasteiger partial charge in [0.2, 0.25) is 0 Å². The Morgan fingerprint density at radius 3 is 2.53 bits per heavy atom. The molecule has 0 unspecified atom stereocenters. The molecular weight excluding hydrogens is 256 g/mol. The number of hydrogen-bond donors (Lipinski definition) is 1. The van der Waals surface area contributed by atoms with Gasteiger partial charge in [0.1, 0.15) is 5.52 Å². The van der Waals surface area contributed by atoms with Crippen molar-refractivity contribution >= 4 is 22.9 Å². The van der Waals surface area contributed by atoms with E-state index in [4.69, 9.17) is 10.2 Å². The van der Waals surface area contributed by atoms with Gasteiger partial charge in [-0.25, -0.2) is 4.98 Å². The van der Waals surface area contributed by atoms with Crippen LogP contribution in [-0.2, 0) is 12.3 Å². The van der Waals surface area contributed by atoms with Crippen molar-refractivity contribution in [2.75, 3.05) is 0 Å². The molecule has 0 saturated heterocycles. The second-order valence-electron chi connectivity index (χ2n) is 4.21. The van der Waals surface area contributed by atoms with Crippen LogP contribution in [0.15, 0.2) is 58.2 Å². The number of benzene rings is 2. The Labute approximate surface area is 115 Å². The highest BCUT2D eigenvalue weighted by atomic mass is 32.2. The molecule has 19 heavy (non-hydrogen) atoms. The molecule has 96 valence electrons. The Kier molecular flexibility index (Phi) is 3.53. The van der Waals surface area contributed by atoms with Crippen molar-refractivity contribution < 1.29 is 4.42 Å². The first-order valence-corrected chi connectivity index (χ1v) is 7.10. The van der Waals surface area contributed by atoms with Crippen LogP contribution in [0.1, 0.15) is 11.1 Å². The second-order valence-corrected chi connectivity index (χ2v) is 5.14. The van der Waals surface area contributed by atoms with E-state index in [2.05, 4.69) is 17.1 Å².